The van der Waals surface area contributed by atoms with Crippen LogP contribution in [0.4, 0.5) is 10.5 Å². The van der Waals surface area contributed by atoms with Gasteiger partial charge in [0.05, 0.1) is 18.1 Å². The number of carbonyl (C=O) groups excluding carboxylic acids is 1. The number of rotatable bonds is 3. The summed E-state index contributed by atoms with van der Waals surface area (Å²) in [5.74, 6) is -0.880. The summed E-state index contributed by atoms with van der Waals surface area (Å²) >= 11 is 5.87. The third-order valence-corrected chi connectivity index (χ3v) is 3.23. The molecule has 1 aliphatic rings. The lowest BCUT2D eigenvalue weighted by atomic mass is 10.0. The summed E-state index contributed by atoms with van der Waals surface area (Å²) in [4.78, 5) is 23.9. The van der Waals surface area contributed by atoms with Gasteiger partial charge in [-0.3, -0.25) is 4.79 Å². The molecule has 2 amide bonds. The van der Waals surface area contributed by atoms with Crippen molar-refractivity contribution in [1.82, 2.24) is 4.90 Å². The van der Waals surface area contributed by atoms with Gasteiger partial charge in [0.25, 0.3) is 0 Å². The number of aliphatic carboxylic acids is 1. The lowest BCUT2D eigenvalue weighted by Crippen LogP contribution is -2.54. The number of nitrogens with one attached hydrogen (secondary N) is 1. The van der Waals surface area contributed by atoms with Crippen molar-refractivity contribution in [2.45, 2.75) is 0 Å². The van der Waals surface area contributed by atoms with Gasteiger partial charge in [-0.05, 0) is 12.1 Å². The summed E-state index contributed by atoms with van der Waals surface area (Å²) in [5.41, 5.74) is 0.546. The van der Waals surface area contributed by atoms with Crippen LogP contribution in [0, 0.1) is 5.92 Å². The molecule has 0 unspecified atom stereocenters. The van der Waals surface area contributed by atoms with Crippen molar-refractivity contribution in [2.24, 2.45) is 5.92 Å². The molecule has 1 aromatic rings. The molecule has 102 valence electrons. The number of anilines is 1. The van der Waals surface area contributed by atoms with E-state index in [0.29, 0.717) is 16.5 Å². The number of hydrogen-bond donors (Lipinski definition) is 2. The average molecular weight is 285 g/mol. The van der Waals surface area contributed by atoms with E-state index in [1.54, 1.807) is 18.2 Å². The van der Waals surface area contributed by atoms with Gasteiger partial charge in [0.15, 0.2) is 0 Å². The maximum atomic E-state index is 11.8. The Bertz CT molecular complexity index is 514. The van der Waals surface area contributed by atoms with Crippen LogP contribution in [0.3, 0.4) is 0 Å². The zero-order chi connectivity index (χ0) is 14.0. The number of nitrogens with zero attached hydrogens (tertiary/aromatic N) is 1. The summed E-state index contributed by atoms with van der Waals surface area (Å²) in [5, 5.41) is 11.8. The number of likely N-dealkylation sites (tertiary alicyclic amines) is 1. The Balaban J connectivity index is 1.95. The van der Waals surface area contributed by atoms with E-state index in [2.05, 4.69) is 5.32 Å². The largest absolute Gasteiger partial charge is 0.495 e. The first kappa shape index (κ1) is 13.5. The molecule has 0 radical (unpaired) electrons. The summed E-state index contributed by atoms with van der Waals surface area (Å²) < 4.78 is 5.04. The first-order valence-corrected chi connectivity index (χ1v) is 6.01. The first-order chi connectivity index (χ1) is 9.01. The molecule has 2 rings (SSSR count). The fourth-order valence-electron chi connectivity index (χ4n) is 1.74. The van der Waals surface area contributed by atoms with Crippen molar-refractivity contribution in [1.29, 1.82) is 0 Å². The molecule has 6 nitrogen and oxygen atoms in total. The Labute approximate surface area is 114 Å². The minimum absolute atomic E-state index is 0.228. The van der Waals surface area contributed by atoms with Crippen LogP contribution in [-0.2, 0) is 4.79 Å². The molecule has 1 heterocycles. The number of ether oxygens (including phenoxy) is 1. The van der Waals surface area contributed by atoms with E-state index < -0.39 is 11.9 Å². The van der Waals surface area contributed by atoms with E-state index in [-0.39, 0.29) is 19.1 Å². The molecule has 0 aliphatic carbocycles. The maximum Gasteiger partial charge on any atom is 0.321 e. The number of methoxy groups -OCH3 is 1. The molecule has 7 heteroatoms. The van der Waals surface area contributed by atoms with Crippen LogP contribution in [-0.4, -0.2) is 42.2 Å². The lowest BCUT2D eigenvalue weighted by molar-refractivity contribution is -0.145. The molecule has 0 spiro atoms. The highest BCUT2D eigenvalue weighted by atomic mass is 35.5. The van der Waals surface area contributed by atoms with Gasteiger partial charge in [-0.2, -0.15) is 0 Å². The highest BCUT2D eigenvalue weighted by molar-refractivity contribution is 6.32. The maximum absolute atomic E-state index is 11.8. The standard InChI is InChI=1S/C12H13ClN2O4/c1-19-10-4-8(2-3-9(10)13)14-12(18)15-5-7(6-15)11(16)17/h2-4,7H,5-6H2,1H3,(H,14,18)(H,16,17). The molecule has 2 N–H and O–H groups in total. The predicted molar refractivity (Wildman–Crippen MR) is 69.7 cm³/mol. The quantitative estimate of drug-likeness (QED) is 0.888. The third kappa shape index (κ3) is 2.90. The summed E-state index contributed by atoms with van der Waals surface area (Å²) in [6, 6.07) is 4.54. The van der Waals surface area contributed by atoms with E-state index in [1.165, 1.54) is 12.0 Å². The average Bonchev–Trinajstić information content (AvgIpc) is 2.29. The van der Waals surface area contributed by atoms with E-state index in [1.807, 2.05) is 0 Å². The van der Waals surface area contributed by atoms with Crippen molar-refractivity contribution < 1.29 is 19.4 Å². The Morgan fingerprint density at radius 3 is 2.74 bits per heavy atom. The summed E-state index contributed by atoms with van der Waals surface area (Å²) in [6.07, 6.45) is 0. The van der Waals surface area contributed by atoms with Gasteiger partial charge in [0.1, 0.15) is 5.75 Å². The zero-order valence-corrected chi connectivity index (χ0v) is 11.0. The Morgan fingerprint density at radius 2 is 2.16 bits per heavy atom. The predicted octanol–water partition coefficient (Wildman–Crippen LogP) is 1.90. The third-order valence-electron chi connectivity index (χ3n) is 2.92. The van der Waals surface area contributed by atoms with Gasteiger partial charge in [-0.1, -0.05) is 11.6 Å². The lowest BCUT2D eigenvalue weighted by Gasteiger charge is -2.36. The molecule has 1 fully saturated rings. The molecule has 1 aliphatic heterocycles. The fraction of sp³-hybridized carbons (Fsp3) is 0.333. The first-order valence-electron chi connectivity index (χ1n) is 5.63. The van der Waals surface area contributed by atoms with E-state index in [0.717, 1.165) is 0 Å². The van der Waals surface area contributed by atoms with Crippen molar-refractivity contribution in [3.63, 3.8) is 0 Å². The molecule has 1 saturated heterocycles. The van der Waals surface area contributed by atoms with Gasteiger partial charge in [0, 0.05) is 24.8 Å². The van der Waals surface area contributed by atoms with Crippen LogP contribution in [0.25, 0.3) is 0 Å². The van der Waals surface area contributed by atoms with E-state index in [9.17, 15) is 9.59 Å². The molecular weight excluding hydrogens is 272 g/mol. The smallest absolute Gasteiger partial charge is 0.321 e. The van der Waals surface area contributed by atoms with Crippen molar-refractivity contribution in [3.8, 4) is 5.75 Å². The summed E-state index contributed by atoms with van der Waals surface area (Å²) in [7, 11) is 1.49. The van der Waals surface area contributed by atoms with Gasteiger partial charge in [-0.25, -0.2) is 4.79 Å². The number of amides is 2. The highest BCUT2D eigenvalue weighted by Gasteiger charge is 2.35. The van der Waals surface area contributed by atoms with Crippen LogP contribution < -0.4 is 10.1 Å². The van der Waals surface area contributed by atoms with Gasteiger partial charge >= 0.3 is 12.0 Å². The van der Waals surface area contributed by atoms with Gasteiger partial charge in [-0.15, -0.1) is 0 Å². The molecule has 1 aromatic carbocycles. The molecule has 0 atom stereocenters. The molecular formula is C12H13ClN2O4. The number of benzene rings is 1. The summed E-state index contributed by atoms with van der Waals surface area (Å²) in [6.45, 7) is 0.456. The number of carboxylic acids is 1. The minimum atomic E-state index is -0.878. The van der Waals surface area contributed by atoms with Crippen LogP contribution in [0.15, 0.2) is 18.2 Å². The van der Waals surface area contributed by atoms with Crippen molar-refractivity contribution in [3.05, 3.63) is 23.2 Å². The van der Waals surface area contributed by atoms with Crippen LogP contribution in [0.5, 0.6) is 5.75 Å². The molecule has 19 heavy (non-hydrogen) atoms. The number of halogens is 1. The van der Waals surface area contributed by atoms with E-state index in [4.69, 9.17) is 21.4 Å². The number of urea groups is 1. The second-order valence-corrected chi connectivity index (χ2v) is 4.63. The van der Waals surface area contributed by atoms with Gasteiger partial charge in [0.2, 0.25) is 0 Å². The van der Waals surface area contributed by atoms with Crippen molar-refractivity contribution >= 4 is 29.3 Å². The molecule has 0 aromatic heterocycles. The number of carbonyl (C=O) groups is 2. The monoisotopic (exact) mass is 284 g/mol. The van der Waals surface area contributed by atoms with Crippen molar-refractivity contribution in [2.75, 3.05) is 25.5 Å². The SMILES string of the molecule is COc1cc(NC(=O)N2CC(C(=O)O)C2)ccc1Cl. The zero-order valence-electron chi connectivity index (χ0n) is 10.2. The second kappa shape index (κ2) is 5.36. The Kier molecular flexibility index (Phi) is 3.80. The Hall–Kier alpha value is -1.95. The number of hydrogen-bond acceptors (Lipinski definition) is 3. The highest BCUT2D eigenvalue weighted by Crippen LogP contribution is 2.28. The molecule has 0 bridgehead atoms. The van der Waals surface area contributed by atoms with Crippen LogP contribution >= 0.6 is 11.6 Å². The Morgan fingerprint density at radius 1 is 1.47 bits per heavy atom. The molecule has 0 saturated carbocycles. The van der Waals surface area contributed by atoms with Crippen LogP contribution in [0.1, 0.15) is 0 Å². The number of carboxylic acid groups (broad SMARTS) is 1. The fourth-order valence-corrected chi connectivity index (χ4v) is 1.94. The minimum Gasteiger partial charge on any atom is -0.495 e. The topological polar surface area (TPSA) is 78.9 Å². The van der Waals surface area contributed by atoms with E-state index >= 15 is 0 Å². The van der Waals surface area contributed by atoms with Gasteiger partial charge < -0.3 is 20.1 Å². The second-order valence-electron chi connectivity index (χ2n) is 4.22. The normalized spacial score (nSPS) is 14.7. The van der Waals surface area contributed by atoms with Crippen LogP contribution in [0.2, 0.25) is 5.02 Å².